The number of para-hydroxylation sites is 1. The van der Waals surface area contributed by atoms with Gasteiger partial charge >= 0.3 is 5.97 Å². The summed E-state index contributed by atoms with van der Waals surface area (Å²) in [6, 6.07) is 9.62. The highest BCUT2D eigenvalue weighted by atomic mass is 16.6. The van der Waals surface area contributed by atoms with Gasteiger partial charge in [-0.05, 0) is 36.8 Å². The molecule has 1 spiro atoms. The van der Waals surface area contributed by atoms with Crippen LogP contribution in [0.1, 0.15) is 37.7 Å². The Bertz CT molecular complexity index is 850. The van der Waals surface area contributed by atoms with Crippen molar-refractivity contribution in [1.29, 1.82) is 5.26 Å². The summed E-state index contributed by atoms with van der Waals surface area (Å²) in [5.74, 6) is 0.500. The van der Waals surface area contributed by atoms with E-state index >= 15 is 0 Å². The number of carbonyl (C=O) groups excluding carboxylic acids is 1. The summed E-state index contributed by atoms with van der Waals surface area (Å²) in [6.07, 6.45) is 7.30. The summed E-state index contributed by atoms with van der Waals surface area (Å²) < 4.78 is 11.2. The first kappa shape index (κ1) is 15.9. The van der Waals surface area contributed by atoms with E-state index in [2.05, 4.69) is 11.1 Å². The highest BCUT2D eigenvalue weighted by Gasteiger charge is 2.59. The van der Waals surface area contributed by atoms with Gasteiger partial charge in [0.1, 0.15) is 30.6 Å². The second-order valence-electron chi connectivity index (χ2n) is 6.97. The van der Waals surface area contributed by atoms with Crippen LogP contribution >= 0.6 is 0 Å². The molecule has 1 heterocycles. The summed E-state index contributed by atoms with van der Waals surface area (Å²) in [4.78, 5) is 16.4. The van der Waals surface area contributed by atoms with Crippen LogP contribution in [0.15, 0.2) is 30.5 Å². The number of hydrogen-bond acceptors (Lipinski definition) is 5. The topological polar surface area (TPSA) is 72.2 Å². The van der Waals surface area contributed by atoms with Gasteiger partial charge in [-0.1, -0.05) is 25.0 Å². The quantitative estimate of drug-likeness (QED) is 0.616. The normalized spacial score (nSPS) is 20.4. The summed E-state index contributed by atoms with van der Waals surface area (Å²) in [6.45, 7) is 0.432. The first-order chi connectivity index (χ1) is 12.2. The first-order valence-electron chi connectivity index (χ1n) is 8.81. The van der Waals surface area contributed by atoms with Gasteiger partial charge in [0.25, 0.3) is 0 Å². The molecule has 5 heteroatoms. The van der Waals surface area contributed by atoms with E-state index in [0.717, 1.165) is 30.2 Å². The number of pyridine rings is 1. The van der Waals surface area contributed by atoms with Gasteiger partial charge in [-0.25, -0.2) is 0 Å². The highest BCUT2D eigenvalue weighted by molar-refractivity contribution is 5.87. The summed E-state index contributed by atoms with van der Waals surface area (Å²) >= 11 is 0. The number of benzene rings is 1. The van der Waals surface area contributed by atoms with Crippen molar-refractivity contribution >= 4 is 16.9 Å². The average molecular weight is 336 g/mol. The van der Waals surface area contributed by atoms with Crippen LogP contribution in [0, 0.1) is 22.7 Å². The maximum atomic E-state index is 12.2. The fourth-order valence-electron chi connectivity index (χ4n) is 4.05. The van der Waals surface area contributed by atoms with Crippen LogP contribution in [0.4, 0.5) is 0 Å². The standard InChI is InChI=1S/C20H20N2O3/c21-12-14-13-22-17-6-2-1-5-15(17)18(14)24-9-10-25-19(23)16-11-20(16)7-3-4-8-20/h1-2,5-6,13,16H,3-4,7-11H2. The molecule has 4 rings (SSSR count). The Morgan fingerprint density at radius 3 is 2.88 bits per heavy atom. The Balaban J connectivity index is 1.35. The van der Waals surface area contributed by atoms with Crippen molar-refractivity contribution in [3.63, 3.8) is 0 Å². The second kappa shape index (κ2) is 6.36. The molecule has 1 atom stereocenters. The number of ether oxygens (including phenoxy) is 2. The molecule has 5 nitrogen and oxygen atoms in total. The SMILES string of the molecule is N#Cc1cnc2ccccc2c1OCCOC(=O)C1CC12CCCC2. The van der Waals surface area contributed by atoms with E-state index in [9.17, 15) is 10.1 Å². The van der Waals surface area contributed by atoms with Crippen molar-refractivity contribution in [1.82, 2.24) is 4.98 Å². The summed E-state index contributed by atoms with van der Waals surface area (Å²) in [5.41, 5.74) is 1.42. The number of fused-ring (bicyclic) bond motifs is 1. The molecule has 0 N–H and O–H groups in total. The van der Waals surface area contributed by atoms with Gasteiger partial charge < -0.3 is 9.47 Å². The van der Waals surface area contributed by atoms with Crippen molar-refractivity contribution in [2.45, 2.75) is 32.1 Å². The van der Waals surface area contributed by atoms with Crippen molar-refractivity contribution < 1.29 is 14.3 Å². The predicted octanol–water partition coefficient (Wildman–Crippen LogP) is 3.61. The van der Waals surface area contributed by atoms with Crippen LogP contribution < -0.4 is 4.74 Å². The number of nitrogens with zero attached hydrogens (tertiary/aromatic N) is 2. The molecular weight excluding hydrogens is 316 g/mol. The van der Waals surface area contributed by atoms with Crippen LogP contribution in [-0.4, -0.2) is 24.2 Å². The molecule has 0 aliphatic heterocycles. The first-order valence-corrected chi connectivity index (χ1v) is 8.81. The second-order valence-corrected chi connectivity index (χ2v) is 6.97. The maximum absolute atomic E-state index is 12.2. The molecule has 0 radical (unpaired) electrons. The number of carbonyl (C=O) groups is 1. The lowest BCUT2D eigenvalue weighted by Crippen LogP contribution is -2.16. The molecule has 1 aromatic carbocycles. The van der Waals surface area contributed by atoms with Crippen LogP contribution in [0.25, 0.3) is 10.9 Å². The van der Waals surface area contributed by atoms with E-state index < -0.39 is 0 Å². The van der Waals surface area contributed by atoms with E-state index in [-0.39, 0.29) is 30.5 Å². The number of rotatable bonds is 5. The van der Waals surface area contributed by atoms with Crippen molar-refractivity contribution in [3.8, 4) is 11.8 Å². The van der Waals surface area contributed by atoms with Gasteiger partial charge in [-0.2, -0.15) is 5.26 Å². The third kappa shape index (κ3) is 2.93. The van der Waals surface area contributed by atoms with Crippen molar-refractivity contribution in [3.05, 3.63) is 36.0 Å². The molecule has 1 aromatic heterocycles. The Morgan fingerprint density at radius 2 is 2.08 bits per heavy atom. The Hall–Kier alpha value is -2.61. The van der Waals surface area contributed by atoms with Crippen molar-refractivity contribution in [2.24, 2.45) is 11.3 Å². The minimum absolute atomic E-state index is 0.0893. The van der Waals surface area contributed by atoms with Gasteiger partial charge in [0, 0.05) is 11.6 Å². The van der Waals surface area contributed by atoms with Gasteiger partial charge in [0.15, 0.2) is 0 Å². The predicted molar refractivity (Wildman–Crippen MR) is 91.9 cm³/mol. The zero-order valence-corrected chi connectivity index (χ0v) is 14.0. The molecule has 0 saturated heterocycles. The lowest BCUT2D eigenvalue weighted by atomic mass is 10.0. The van der Waals surface area contributed by atoms with Gasteiger partial charge in [0.2, 0.25) is 0 Å². The van der Waals surface area contributed by atoms with E-state index in [0.29, 0.717) is 11.3 Å². The number of hydrogen-bond donors (Lipinski definition) is 0. The van der Waals surface area contributed by atoms with Crippen LogP contribution in [-0.2, 0) is 9.53 Å². The molecule has 25 heavy (non-hydrogen) atoms. The minimum Gasteiger partial charge on any atom is -0.488 e. The number of nitriles is 1. The van der Waals surface area contributed by atoms with E-state index in [1.54, 1.807) is 0 Å². The third-order valence-electron chi connectivity index (χ3n) is 5.49. The van der Waals surface area contributed by atoms with Gasteiger partial charge in [-0.15, -0.1) is 0 Å². The summed E-state index contributed by atoms with van der Waals surface area (Å²) in [5, 5.41) is 10.1. The number of esters is 1. The molecule has 0 bridgehead atoms. The molecule has 2 saturated carbocycles. The monoisotopic (exact) mass is 336 g/mol. The molecule has 2 aliphatic carbocycles. The average Bonchev–Trinajstić information content (AvgIpc) is 3.15. The maximum Gasteiger partial charge on any atom is 0.309 e. The zero-order chi connectivity index (χ0) is 17.3. The molecule has 2 aromatic rings. The summed E-state index contributed by atoms with van der Waals surface area (Å²) in [7, 11) is 0. The number of aromatic nitrogens is 1. The molecule has 2 aliphatic rings. The molecular formula is C20H20N2O3. The lowest BCUT2D eigenvalue weighted by molar-refractivity contribution is -0.146. The zero-order valence-electron chi connectivity index (χ0n) is 14.0. The minimum atomic E-state index is -0.0920. The largest absolute Gasteiger partial charge is 0.488 e. The van der Waals surface area contributed by atoms with Crippen LogP contribution in [0.5, 0.6) is 5.75 Å². The fourth-order valence-corrected chi connectivity index (χ4v) is 4.05. The Labute approximate surface area is 146 Å². The molecule has 128 valence electrons. The third-order valence-corrected chi connectivity index (χ3v) is 5.49. The van der Waals surface area contributed by atoms with Gasteiger partial charge in [0.05, 0.1) is 11.4 Å². The van der Waals surface area contributed by atoms with Gasteiger partial charge in [-0.3, -0.25) is 9.78 Å². The smallest absolute Gasteiger partial charge is 0.309 e. The molecule has 2 fully saturated rings. The Morgan fingerprint density at radius 1 is 1.28 bits per heavy atom. The van der Waals surface area contributed by atoms with E-state index in [4.69, 9.17) is 9.47 Å². The Kier molecular flexibility index (Phi) is 4.04. The molecule has 1 unspecified atom stereocenters. The van der Waals surface area contributed by atoms with Crippen molar-refractivity contribution in [2.75, 3.05) is 13.2 Å². The molecule has 0 amide bonds. The highest BCUT2D eigenvalue weighted by Crippen LogP contribution is 2.63. The fraction of sp³-hybridized carbons (Fsp3) is 0.450. The van der Waals surface area contributed by atoms with Crippen LogP contribution in [0.2, 0.25) is 0 Å². The lowest BCUT2D eigenvalue weighted by Gasteiger charge is -2.12. The van der Waals surface area contributed by atoms with E-state index in [1.807, 2.05) is 24.3 Å². The van der Waals surface area contributed by atoms with E-state index in [1.165, 1.54) is 19.0 Å². The van der Waals surface area contributed by atoms with Crippen LogP contribution in [0.3, 0.4) is 0 Å².